The predicted molar refractivity (Wildman–Crippen MR) is 96.9 cm³/mol. The van der Waals surface area contributed by atoms with E-state index < -0.39 is 5.97 Å². The third kappa shape index (κ3) is 5.11. The van der Waals surface area contributed by atoms with Crippen LogP contribution in [0.4, 0.5) is 0 Å². The molecule has 6 nitrogen and oxygen atoms in total. The Hall–Kier alpha value is -3.28. The minimum atomic E-state index is -0.610. The van der Waals surface area contributed by atoms with Crippen molar-refractivity contribution in [1.29, 1.82) is 0 Å². The maximum absolute atomic E-state index is 12.0. The molecule has 0 aliphatic heterocycles. The number of esters is 1. The van der Waals surface area contributed by atoms with Gasteiger partial charge in [-0.2, -0.15) is 0 Å². The smallest absolute Gasteiger partial charge is 0.331 e. The maximum Gasteiger partial charge on any atom is 0.331 e. The summed E-state index contributed by atoms with van der Waals surface area (Å²) < 4.78 is 20.4. The Kier molecular flexibility index (Phi) is 6.79. The van der Waals surface area contributed by atoms with Crippen LogP contribution >= 0.6 is 0 Å². The molecule has 26 heavy (non-hydrogen) atoms. The van der Waals surface area contributed by atoms with Gasteiger partial charge in [0.2, 0.25) is 0 Å². The number of hydrogen-bond donors (Lipinski definition) is 0. The Morgan fingerprint density at radius 3 is 2.19 bits per heavy atom. The fourth-order valence-electron chi connectivity index (χ4n) is 2.17. The van der Waals surface area contributed by atoms with Crippen LogP contribution in [0.2, 0.25) is 0 Å². The number of hydrogen-bond acceptors (Lipinski definition) is 6. The number of ether oxygens (including phenoxy) is 4. The van der Waals surface area contributed by atoms with Crippen molar-refractivity contribution in [3.05, 3.63) is 59.7 Å². The summed E-state index contributed by atoms with van der Waals surface area (Å²) in [6.07, 6.45) is 2.82. The number of ketones is 1. The lowest BCUT2D eigenvalue weighted by atomic mass is 10.1. The molecular formula is C20H20O6. The monoisotopic (exact) mass is 356 g/mol. The standard InChI is InChI=1S/C20H20O6/c1-23-16-8-6-15(7-9-16)17(21)13-26-20(22)11-5-14-4-10-18(24-2)19(12-14)25-3/h4-12H,13H2,1-3H3/b11-5+. The van der Waals surface area contributed by atoms with E-state index >= 15 is 0 Å². The summed E-state index contributed by atoms with van der Waals surface area (Å²) >= 11 is 0. The second-order valence-corrected chi connectivity index (χ2v) is 5.21. The minimum Gasteiger partial charge on any atom is -0.497 e. The highest BCUT2D eigenvalue weighted by Gasteiger charge is 2.09. The third-order valence-electron chi connectivity index (χ3n) is 3.58. The maximum atomic E-state index is 12.0. The fourth-order valence-corrected chi connectivity index (χ4v) is 2.17. The average Bonchev–Trinajstić information content (AvgIpc) is 2.70. The number of carbonyl (C=O) groups excluding carboxylic acids is 2. The van der Waals surface area contributed by atoms with Gasteiger partial charge in [-0.3, -0.25) is 4.79 Å². The molecule has 0 N–H and O–H groups in total. The van der Waals surface area contributed by atoms with Crippen molar-refractivity contribution < 1.29 is 28.5 Å². The second kappa shape index (κ2) is 9.27. The third-order valence-corrected chi connectivity index (χ3v) is 3.58. The van der Waals surface area contributed by atoms with E-state index in [-0.39, 0.29) is 12.4 Å². The zero-order chi connectivity index (χ0) is 18.9. The van der Waals surface area contributed by atoms with Crippen LogP contribution in [0.25, 0.3) is 6.08 Å². The van der Waals surface area contributed by atoms with E-state index in [0.29, 0.717) is 22.8 Å². The molecule has 0 unspecified atom stereocenters. The van der Waals surface area contributed by atoms with E-state index in [1.165, 1.54) is 13.2 Å². The highest BCUT2D eigenvalue weighted by Crippen LogP contribution is 2.27. The van der Waals surface area contributed by atoms with E-state index in [2.05, 4.69) is 0 Å². The SMILES string of the molecule is COc1ccc(C(=O)COC(=O)/C=C/c2ccc(OC)c(OC)c2)cc1. The largest absolute Gasteiger partial charge is 0.497 e. The van der Waals surface area contributed by atoms with Crippen molar-refractivity contribution in [3.8, 4) is 17.2 Å². The Morgan fingerprint density at radius 1 is 0.885 bits per heavy atom. The summed E-state index contributed by atoms with van der Waals surface area (Å²) in [6, 6.07) is 11.8. The van der Waals surface area contributed by atoms with Crippen molar-refractivity contribution >= 4 is 17.8 Å². The average molecular weight is 356 g/mol. The van der Waals surface area contributed by atoms with Gasteiger partial charge in [0.05, 0.1) is 21.3 Å². The first-order valence-corrected chi connectivity index (χ1v) is 7.81. The van der Waals surface area contributed by atoms with Crippen molar-refractivity contribution in [1.82, 2.24) is 0 Å². The van der Waals surface area contributed by atoms with E-state index in [0.717, 1.165) is 5.56 Å². The van der Waals surface area contributed by atoms with Crippen LogP contribution in [0.5, 0.6) is 17.2 Å². The van der Waals surface area contributed by atoms with Crippen LogP contribution in [-0.4, -0.2) is 39.7 Å². The molecule has 0 spiro atoms. The fraction of sp³-hybridized carbons (Fsp3) is 0.200. The van der Waals surface area contributed by atoms with Crippen LogP contribution in [-0.2, 0) is 9.53 Å². The summed E-state index contributed by atoms with van der Waals surface area (Å²) in [7, 11) is 4.62. The summed E-state index contributed by atoms with van der Waals surface area (Å²) in [6.45, 7) is -0.332. The lowest BCUT2D eigenvalue weighted by molar-refractivity contribution is -0.136. The molecule has 0 aliphatic carbocycles. The van der Waals surface area contributed by atoms with Crippen LogP contribution < -0.4 is 14.2 Å². The quantitative estimate of drug-likeness (QED) is 0.411. The second-order valence-electron chi connectivity index (χ2n) is 5.21. The zero-order valence-electron chi connectivity index (χ0n) is 14.9. The van der Waals surface area contributed by atoms with Crippen molar-refractivity contribution in [3.63, 3.8) is 0 Å². The van der Waals surface area contributed by atoms with Crippen molar-refractivity contribution in [2.24, 2.45) is 0 Å². The highest BCUT2D eigenvalue weighted by molar-refractivity contribution is 5.99. The lowest BCUT2D eigenvalue weighted by Gasteiger charge is -2.07. The molecule has 0 aliphatic rings. The summed E-state index contributed by atoms with van der Waals surface area (Å²) in [5.41, 5.74) is 1.18. The summed E-state index contributed by atoms with van der Waals surface area (Å²) in [5, 5.41) is 0. The molecule has 0 saturated heterocycles. The molecule has 0 bridgehead atoms. The molecule has 2 aromatic rings. The number of carbonyl (C=O) groups is 2. The van der Waals surface area contributed by atoms with E-state index in [4.69, 9.17) is 18.9 Å². The molecule has 0 aromatic heterocycles. The van der Waals surface area contributed by atoms with Crippen LogP contribution in [0, 0.1) is 0 Å². The number of benzene rings is 2. The van der Waals surface area contributed by atoms with E-state index in [9.17, 15) is 9.59 Å². The first kappa shape index (κ1) is 19.1. The number of Topliss-reactive ketones (excluding diaryl/α,β-unsaturated/α-hetero) is 1. The number of methoxy groups -OCH3 is 3. The van der Waals surface area contributed by atoms with Gasteiger partial charge < -0.3 is 18.9 Å². The molecule has 0 fully saturated rings. The first-order valence-electron chi connectivity index (χ1n) is 7.81. The van der Waals surface area contributed by atoms with E-state index in [1.54, 1.807) is 62.8 Å². The van der Waals surface area contributed by atoms with Gasteiger partial charge in [-0.25, -0.2) is 4.79 Å². The van der Waals surface area contributed by atoms with Gasteiger partial charge in [-0.15, -0.1) is 0 Å². The summed E-state index contributed by atoms with van der Waals surface area (Å²) in [4.78, 5) is 23.8. The van der Waals surface area contributed by atoms with Crippen molar-refractivity contribution in [2.45, 2.75) is 0 Å². The molecule has 2 rings (SSSR count). The van der Waals surface area contributed by atoms with Gasteiger partial charge in [0.15, 0.2) is 23.9 Å². The van der Waals surface area contributed by atoms with Crippen molar-refractivity contribution in [2.75, 3.05) is 27.9 Å². The molecule has 136 valence electrons. The molecule has 0 radical (unpaired) electrons. The van der Waals surface area contributed by atoms with Crippen LogP contribution in [0.1, 0.15) is 15.9 Å². The van der Waals surface area contributed by atoms with E-state index in [1.807, 2.05) is 0 Å². The van der Waals surface area contributed by atoms with Gasteiger partial charge in [0.1, 0.15) is 5.75 Å². The Morgan fingerprint density at radius 2 is 1.58 bits per heavy atom. The zero-order valence-corrected chi connectivity index (χ0v) is 14.9. The molecular weight excluding hydrogens is 336 g/mol. The molecule has 2 aromatic carbocycles. The Bertz CT molecular complexity index is 792. The highest BCUT2D eigenvalue weighted by atomic mass is 16.5. The number of rotatable bonds is 8. The van der Waals surface area contributed by atoms with Gasteiger partial charge in [-0.05, 0) is 48.0 Å². The normalized spacial score (nSPS) is 10.4. The summed E-state index contributed by atoms with van der Waals surface area (Å²) in [5.74, 6) is 0.897. The van der Waals surface area contributed by atoms with Gasteiger partial charge >= 0.3 is 5.97 Å². The Labute approximate surface area is 151 Å². The van der Waals surface area contributed by atoms with Crippen LogP contribution in [0.15, 0.2) is 48.5 Å². The molecule has 0 atom stereocenters. The topological polar surface area (TPSA) is 71.1 Å². The lowest BCUT2D eigenvalue weighted by Crippen LogP contribution is -2.12. The molecule has 6 heteroatoms. The first-order chi connectivity index (χ1) is 12.6. The van der Waals surface area contributed by atoms with Gasteiger partial charge in [0, 0.05) is 11.6 Å². The van der Waals surface area contributed by atoms with Gasteiger partial charge in [-0.1, -0.05) is 6.07 Å². The molecule has 0 amide bonds. The minimum absolute atomic E-state index is 0.291. The van der Waals surface area contributed by atoms with Crippen LogP contribution in [0.3, 0.4) is 0 Å². The predicted octanol–water partition coefficient (Wildman–Crippen LogP) is 3.15. The molecule has 0 saturated carbocycles. The van der Waals surface area contributed by atoms with Gasteiger partial charge in [0.25, 0.3) is 0 Å². The molecule has 0 heterocycles. The Balaban J connectivity index is 1.91.